The second-order valence-corrected chi connectivity index (χ2v) is 8.28. The van der Waals surface area contributed by atoms with Crippen molar-refractivity contribution in [3.8, 4) is 11.5 Å². The number of hydrogen-bond acceptors (Lipinski definition) is 4. The van der Waals surface area contributed by atoms with Gasteiger partial charge in [-0.05, 0) is 49.9 Å². The summed E-state index contributed by atoms with van der Waals surface area (Å²) in [5.41, 5.74) is -0.0260. The fraction of sp³-hybridized carbons (Fsp3) is 0.391. The predicted molar refractivity (Wildman–Crippen MR) is 109 cm³/mol. The lowest BCUT2D eigenvalue weighted by molar-refractivity contribution is -0.124. The van der Waals surface area contributed by atoms with Crippen molar-refractivity contribution in [3.05, 3.63) is 59.2 Å². The Bertz CT molecular complexity index is 1030. The number of carbonyl (C=O) groups excluding carboxylic acids is 2. The van der Waals surface area contributed by atoms with Crippen molar-refractivity contribution in [3.63, 3.8) is 0 Å². The van der Waals surface area contributed by atoms with Crippen LogP contribution in [-0.2, 0) is 9.59 Å². The standard InChI is InChI=1S/C23H24F2N2O4/c1-14-3-5-16(9-18(14)24)30-8-7-26-21(29)22-12-23(22,13-22)27-20(28)11-31-17-6-4-15(2)19(25)10-17/h3-6,9-10H,7-8,11-13H2,1-2H3,(H,26,29)(H,27,28). The van der Waals surface area contributed by atoms with Crippen LogP contribution in [0.2, 0.25) is 0 Å². The van der Waals surface area contributed by atoms with E-state index in [-0.39, 0.29) is 43.1 Å². The van der Waals surface area contributed by atoms with Gasteiger partial charge in [-0.1, -0.05) is 12.1 Å². The first-order valence-electron chi connectivity index (χ1n) is 10.1. The second-order valence-electron chi connectivity index (χ2n) is 8.28. The quantitative estimate of drug-likeness (QED) is 0.600. The Morgan fingerprint density at radius 2 is 1.55 bits per heavy atom. The van der Waals surface area contributed by atoms with Gasteiger partial charge in [-0.3, -0.25) is 9.59 Å². The SMILES string of the molecule is Cc1ccc(OCCNC(=O)C23CC2(NC(=O)COc2ccc(C)c(F)c2)C3)cc1F. The maximum absolute atomic E-state index is 13.5. The number of carbonyl (C=O) groups is 2. The Morgan fingerprint density at radius 3 is 2.13 bits per heavy atom. The minimum Gasteiger partial charge on any atom is -0.492 e. The molecule has 0 saturated heterocycles. The van der Waals surface area contributed by atoms with E-state index in [1.807, 2.05) is 0 Å². The number of fused-ring (bicyclic) bond motifs is 1. The fourth-order valence-corrected chi connectivity index (χ4v) is 3.76. The lowest BCUT2D eigenvalue weighted by atomic mass is 10.2. The zero-order valence-electron chi connectivity index (χ0n) is 17.4. The van der Waals surface area contributed by atoms with Crippen LogP contribution in [0.15, 0.2) is 36.4 Å². The van der Waals surface area contributed by atoms with Crippen molar-refractivity contribution in [1.82, 2.24) is 10.6 Å². The summed E-state index contributed by atoms with van der Waals surface area (Å²) in [6.45, 7) is 3.56. The highest BCUT2D eigenvalue weighted by Crippen LogP contribution is 2.78. The fourth-order valence-electron chi connectivity index (χ4n) is 3.76. The molecule has 2 aliphatic rings. The molecule has 8 heteroatoms. The van der Waals surface area contributed by atoms with Gasteiger partial charge in [-0.25, -0.2) is 8.78 Å². The van der Waals surface area contributed by atoms with Crippen LogP contribution in [0.5, 0.6) is 11.5 Å². The minimum atomic E-state index is -0.561. The molecule has 2 N–H and O–H groups in total. The van der Waals surface area contributed by atoms with Crippen molar-refractivity contribution in [2.45, 2.75) is 32.2 Å². The molecule has 2 aromatic carbocycles. The molecule has 6 nitrogen and oxygen atoms in total. The van der Waals surface area contributed by atoms with Crippen molar-refractivity contribution in [2.75, 3.05) is 19.8 Å². The molecule has 2 saturated carbocycles. The van der Waals surface area contributed by atoms with E-state index in [0.29, 0.717) is 29.7 Å². The van der Waals surface area contributed by atoms with Gasteiger partial charge in [0.2, 0.25) is 5.91 Å². The topological polar surface area (TPSA) is 76.7 Å². The summed E-state index contributed by atoms with van der Waals surface area (Å²) in [5.74, 6) is -0.532. The number of nitrogens with one attached hydrogen (secondary N) is 2. The lowest BCUT2D eigenvalue weighted by Crippen LogP contribution is -2.36. The maximum atomic E-state index is 13.5. The largest absolute Gasteiger partial charge is 0.492 e. The third-order valence-electron chi connectivity index (χ3n) is 6.00. The van der Waals surface area contributed by atoms with Crippen LogP contribution in [0.25, 0.3) is 0 Å². The van der Waals surface area contributed by atoms with Crippen molar-refractivity contribution >= 4 is 11.8 Å². The molecule has 2 aromatic rings. The molecule has 0 radical (unpaired) electrons. The van der Waals surface area contributed by atoms with Gasteiger partial charge in [0.1, 0.15) is 29.7 Å². The average Bonchev–Trinajstić information content (AvgIpc) is 3.55. The summed E-state index contributed by atoms with van der Waals surface area (Å²) >= 11 is 0. The Morgan fingerprint density at radius 1 is 0.968 bits per heavy atom. The summed E-state index contributed by atoms with van der Waals surface area (Å²) in [5, 5.41) is 5.67. The Hall–Kier alpha value is -3.16. The van der Waals surface area contributed by atoms with Crippen molar-refractivity contribution < 1.29 is 27.8 Å². The summed E-state index contributed by atoms with van der Waals surface area (Å²) in [6, 6.07) is 9.03. The van der Waals surface area contributed by atoms with Crippen molar-refractivity contribution in [2.24, 2.45) is 5.41 Å². The van der Waals surface area contributed by atoms with E-state index in [4.69, 9.17) is 9.47 Å². The third-order valence-corrected chi connectivity index (χ3v) is 6.00. The number of amides is 2. The van der Waals surface area contributed by atoms with E-state index in [2.05, 4.69) is 10.6 Å². The predicted octanol–water partition coefficient (Wildman–Crippen LogP) is 2.80. The number of aryl methyl sites for hydroxylation is 2. The molecule has 0 aliphatic heterocycles. The zero-order valence-corrected chi connectivity index (χ0v) is 17.4. The second kappa shape index (κ2) is 7.83. The van der Waals surface area contributed by atoms with Gasteiger partial charge in [0.05, 0.1) is 17.5 Å². The Labute approximate surface area is 178 Å². The van der Waals surface area contributed by atoms with Crippen LogP contribution in [-0.4, -0.2) is 37.1 Å². The summed E-state index contributed by atoms with van der Waals surface area (Å²) in [4.78, 5) is 24.6. The maximum Gasteiger partial charge on any atom is 0.258 e. The van der Waals surface area contributed by atoms with E-state index in [1.54, 1.807) is 38.1 Å². The van der Waals surface area contributed by atoms with Gasteiger partial charge in [-0.2, -0.15) is 0 Å². The number of halogens is 2. The van der Waals surface area contributed by atoms with Crippen LogP contribution in [0.3, 0.4) is 0 Å². The van der Waals surface area contributed by atoms with Crippen LogP contribution < -0.4 is 20.1 Å². The molecule has 0 unspecified atom stereocenters. The molecule has 0 aromatic heterocycles. The normalized spacial score (nSPS) is 22.8. The van der Waals surface area contributed by atoms with Gasteiger partial charge in [0.25, 0.3) is 5.91 Å². The number of ether oxygens (including phenoxy) is 2. The van der Waals surface area contributed by atoms with Crippen LogP contribution in [0.1, 0.15) is 24.0 Å². The van der Waals surface area contributed by atoms with E-state index in [9.17, 15) is 18.4 Å². The molecule has 2 aliphatic carbocycles. The first kappa shape index (κ1) is 21.1. The lowest BCUT2D eigenvalue weighted by Gasteiger charge is -2.09. The number of rotatable bonds is 9. The smallest absolute Gasteiger partial charge is 0.258 e. The zero-order chi connectivity index (χ0) is 22.2. The van der Waals surface area contributed by atoms with Gasteiger partial charge in [0.15, 0.2) is 6.61 Å². The Kier molecular flexibility index (Phi) is 5.33. The van der Waals surface area contributed by atoms with E-state index in [1.165, 1.54) is 12.1 Å². The first-order chi connectivity index (χ1) is 14.7. The van der Waals surface area contributed by atoms with Gasteiger partial charge in [0, 0.05) is 12.1 Å². The van der Waals surface area contributed by atoms with Gasteiger partial charge < -0.3 is 20.1 Å². The molecule has 31 heavy (non-hydrogen) atoms. The molecule has 0 spiro atoms. The van der Waals surface area contributed by atoms with Crippen LogP contribution in [0.4, 0.5) is 8.78 Å². The Balaban J connectivity index is 1.17. The monoisotopic (exact) mass is 430 g/mol. The van der Waals surface area contributed by atoms with Crippen LogP contribution >= 0.6 is 0 Å². The van der Waals surface area contributed by atoms with E-state index >= 15 is 0 Å². The molecule has 0 bridgehead atoms. The highest BCUT2D eigenvalue weighted by atomic mass is 19.1. The molecule has 2 fully saturated rings. The van der Waals surface area contributed by atoms with Gasteiger partial charge in [-0.15, -0.1) is 0 Å². The molecule has 2 amide bonds. The number of benzene rings is 2. The molecule has 164 valence electrons. The first-order valence-corrected chi connectivity index (χ1v) is 10.1. The van der Waals surface area contributed by atoms with Crippen molar-refractivity contribution in [1.29, 1.82) is 0 Å². The molecule has 0 heterocycles. The average molecular weight is 430 g/mol. The van der Waals surface area contributed by atoms with E-state index in [0.717, 1.165) is 0 Å². The van der Waals surface area contributed by atoms with Gasteiger partial charge >= 0.3 is 0 Å². The molecular formula is C23H24F2N2O4. The molecular weight excluding hydrogens is 406 g/mol. The highest BCUT2D eigenvalue weighted by Gasteiger charge is 2.88. The van der Waals surface area contributed by atoms with Crippen LogP contribution in [0, 0.1) is 30.9 Å². The molecule has 0 atom stereocenters. The summed E-state index contributed by atoms with van der Waals surface area (Å²) in [6.07, 6.45) is 1.17. The third kappa shape index (κ3) is 4.19. The van der Waals surface area contributed by atoms with E-state index < -0.39 is 16.8 Å². The molecule has 4 rings (SSSR count). The number of hydrogen-bond donors (Lipinski definition) is 2. The highest BCUT2D eigenvalue weighted by molar-refractivity contribution is 5.96. The summed E-state index contributed by atoms with van der Waals surface area (Å²) < 4.78 is 37.8. The minimum absolute atomic E-state index is 0.131. The summed E-state index contributed by atoms with van der Waals surface area (Å²) in [7, 11) is 0.